The molecule has 2 heterocycles. The lowest BCUT2D eigenvalue weighted by atomic mass is 10.2. The lowest BCUT2D eigenvalue weighted by molar-refractivity contribution is 0.228. The van der Waals surface area contributed by atoms with Crippen molar-refractivity contribution >= 4 is 29.9 Å². The number of hydrogen-bond donors (Lipinski definition) is 3. The van der Waals surface area contributed by atoms with E-state index in [1.165, 1.54) is 0 Å². The van der Waals surface area contributed by atoms with E-state index in [1.54, 1.807) is 6.26 Å². The zero-order chi connectivity index (χ0) is 20.5. The van der Waals surface area contributed by atoms with Crippen molar-refractivity contribution in [3.05, 3.63) is 54.0 Å². The lowest BCUT2D eigenvalue weighted by Crippen LogP contribution is -2.39. The Kier molecular flexibility index (Phi) is 9.65. The highest BCUT2D eigenvalue weighted by Gasteiger charge is 2.09. The van der Waals surface area contributed by atoms with Gasteiger partial charge in [0.2, 0.25) is 5.82 Å². The number of rotatable bonds is 9. The summed E-state index contributed by atoms with van der Waals surface area (Å²) in [4.78, 5) is 9.07. The maximum Gasteiger partial charge on any atom is 0.216 e. The fourth-order valence-corrected chi connectivity index (χ4v) is 2.73. The Hall–Kier alpha value is -2.56. The van der Waals surface area contributed by atoms with E-state index >= 15 is 0 Å². The first-order valence-corrected chi connectivity index (χ1v) is 9.85. The van der Waals surface area contributed by atoms with Crippen molar-refractivity contribution in [3.63, 3.8) is 0 Å². The molecule has 0 aliphatic carbocycles. The van der Waals surface area contributed by atoms with Gasteiger partial charge in [-0.15, -0.1) is 24.0 Å². The standard InChI is InChI=1S/C21H28N6O2.HI/c1-4-22-21(24-14-16(3)29-17-9-6-5-8-15(17)2)23-12-11-19-25-20(27-26-19)18-10-7-13-28-18;/h5-10,13,16H,4,11-12,14H2,1-3H3,(H2,22,23,24)(H,25,26,27);1H. The molecule has 0 bridgehead atoms. The van der Waals surface area contributed by atoms with Crippen molar-refractivity contribution in [3.8, 4) is 17.3 Å². The highest BCUT2D eigenvalue weighted by molar-refractivity contribution is 14.0. The molecular formula is C21H29IN6O2. The highest BCUT2D eigenvalue weighted by atomic mass is 127. The molecule has 0 saturated heterocycles. The van der Waals surface area contributed by atoms with Crippen LogP contribution in [0.15, 0.2) is 52.1 Å². The Morgan fingerprint density at radius 2 is 2.07 bits per heavy atom. The van der Waals surface area contributed by atoms with Crippen molar-refractivity contribution < 1.29 is 9.15 Å². The first kappa shape index (κ1) is 23.7. The molecule has 2 aromatic heterocycles. The summed E-state index contributed by atoms with van der Waals surface area (Å²) in [6.45, 7) is 8.10. The summed E-state index contributed by atoms with van der Waals surface area (Å²) in [7, 11) is 0. The largest absolute Gasteiger partial charge is 0.489 e. The van der Waals surface area contributed by atoms with E-state index in [9.17, 15) is 0 Å². The molecular weight excluding hydrogens is 495 g/mol. The van der Waals surface area contributed by atoms with Gasteiger partial charge >= 0.3 is 0 Å². The Morgan fingerprint density at radius 3 is 2.80 bits per heavy atom. The van der Waals surface area contributed by atoms with Crippen molar-refractivity contribution in [1.82, 2.24) is 25.8 Å². The normalized spacial score (nSPS) is 12.2. The van der Waals surface area contributed by atoms with Gasteiger partial charge in [-0.3, -0.25) is 5.10 Å². The number of hydrogen-bond acceptors (Lipinski definition) is 5. The molecule has 9 heteroatoms. The van der Waals surface area contributed by atoms with E-state index in [0.717, 1.165) is 29.6 Å². The molecule has 1 aromatic carbocycles. The van der Waals surface area contributed by atoms with Gasteiger partial charge in [0.15, 0.2) is 11.7 Å². The number of nitrogens with zero attached hydrogens (tertiary/aromatic N) is 3. The van der Waals surface area contributed by atoms with Gasteiger partial charge in [0, 0.05) is 19.5 Å². The molecule has 0 spiro atoms. The van der Waals surface area contributed by atoms with Gasteiger partial charge in [-0.2, -0.15) is 5.10 Å². The minimum absolute atomic E-state index is 0. The van der Waals surface area contributed by atoms with Crippen molar-refractivity contribution in [2.75, 3.05) is 19.6 Å². The Labute approximate surface area is 193 Å². The molecule has 3 N–H and O–H groups in total. The number of ether oxygens (including phenoxy) is 1. The number of guanidine groups is 1. The summed E-state index contributed by atoms with van der Waals surface area (Å²) in [5.74, 6) is 3.64. The predicted octanol–water partition coefficient (Wildman–Crippen LogP) is 3.56. The van der Waals surface area contributed by atoms with Crippen LogP contribution in [0, 0.1) is 6.92 Å². The van der Waals surface area contributed by atoms with Crippen LogP contribution in [0.4, 0.5) is 0 Å². The number of aryl methyl sites for hydroxylation is 1. The number of aromatic amines is 1. The molecule has 1 unspecified atom stereocenters. The number of aromatic nitrogens is 3. The number of aliphatic imine (C=N–C) groups is 1. The van der Waals surface area contributed by atoms with Crippen LogP contribution < -0.4 is 15.4 Å². The molecule has 8 nitrogen and oxygen atoms in total. The van der Waals surface area contributed by atoms with E-state index in [-0.39, 0.29) is 30.1 Å². The maximum absolute atomic E-state index is 5.99. The fraction of sp³-hybridized carbons (Fsp3) is 0.381. The smallest absolute Gasteiger partial charge is 0.216 e. The van der Waals surface area contributed by atoms with E-state index in [4.69, 9.17) is 9.15 Å². The molecule has 0 fully saturated rings. The quantitative estimate of drug-likeness (QED) is 0.225. The Balaban J connectivity index is 0.00000320. The fourth-order valence-electron chi connectivity index (χ4n) is 2.73. The lowest BCUT2D eigenvalue weighted by Gasteiger charge is -2.16. The van der Waals surface area contributed by atoms with Crippen LogP contribution in [0.25, 0.3) is 11.6 Å². The Bertz CT molecular complexity index is 910. The van der Waals surface area contributed by atoms with Crippen LogP contribution in [0.3, 0.4) is 0 Å². The van der Waals surface area contributed by atoms with Gasteiger partial charge in [-0.1, -0.05) is 18.2 Å². The van der Waals surface area contributed by atoms with Gasteiger partial charge in [-0.25, -0.2) is 9.98 Å². The molecule has 3 rings (SSSR count). The molecule has 0 amide bonds. The topological polar surface area (TPSA) is 100 Å². The summed E-state index contributed by atoms with van der Waals surface area (Å²) in [6, 6.07) is 11.7. The zero-order valence-corrected chi connectivity index (χ0v) is 19.8. The molecule has 30 heavy (non-hydrogen) atoms. The van der Waals surface area contributed by atoms with Crippen LogP contribution in [0.5, 0.6) is 5.75 Å². The van der Waals surface area contributed by atoms with Gasteiger partial charge in [0.25, 0.3) is 0 Å². The minimum atomic E-state index is -0.0308. The molecule has 0 aliphatic rings. The number of halogens is 1. The van der Waals surface area contributed by atoms with Crippen molar-refractivity contribution in [1.29, 1.82) is 0 Å². The van der Waals surface area contributed by atoms with Crippen molar-refractivity contribution in [2.24, 2.45) is 4.99 Å². The second-order valence-electron chi connectivity index (χ2n) is 6.67. The molecule has 0 radical (unpaired) electrons. The van der Waals surface area contributed by atoms with Crippen LogP contribution in [0.2, 0.25) is 0 Å². The van der Waals surface area contributed by atoms with Gasteiger partial charge in [0.05, 0.1) is 12.8 Å². The molecule has 162 valence electrons. The SMILES string of the molecule is CCNC(=NCC(C)Oc1ccccc1C)NCCc1nc(-c2ccco2)n[nH]1.I. The highest BCUT2D eigenvalue weighted by Crippen LogP contribution is 2.17. The number of furan rings is 1. The number of nitrogens with one attached hydrogen (secondary N) is 3. The Morgan fingerprint density at radius 1 is 1.23 bits per heavy atom. The van der Waals surface area contributed by atoms with E-state index in [2.05, 4.69) is 30.8 Å². The van der Waals surface area contributed by atoms with Crippen LogP contribution in [0.1, 0.15) is 25.2 Å². The maximum atomic E-state index is 5.99. The minimum Gasteiger partial charge on any atom is -0.489 e. The second-order valence-corrected chi connectivity index (χ2v) is 6.67. The molecule has 3 aromatic rings. The summed E-state index contributed by atoms with van der Waals surface area (Å²) < 4.78 is 11.3. The van der Waals surface area contributed by atoms with E-state index in [0.29, 0.717) is 31.1 Å². The molecule has 0 aliphatic heterocycles. The molecule has 0 saturated carbocycles. The third-order valence-electron chi connectivity index (χ3n) is 4.20. The monoisotopic (exact) mass is 524 g/mol. The summed E-state index contributed by atoms with van der Waals surface area (Å²) >= 11 is 0. The third kappa shape index (κ3) is 7.05. The summed E-state index contributed by atoms with van der Waals surface area (Å²) in [5.41, 5.74) is 1.12. The van der Waals surface area contributed by atoms with Crippen molar-refractivity contribution in [2.45, 2.75) is 33.3 Å². The third-order valence-corrected chi connectivity index (χ3v) is 4.20. The van der Waals surface area contributed by atoms with Crippen LogP contribution in [-0.2, 0) is 6.42 Å². The average molecular weight is 524 g/mol. The number of H-pyrrole nitrogens is 1. The summed E-state index contributed by atoms with van der Waals surface area (Å²) in [6.07, 6.45) is 2.26. The zero-order valence-electron chi connectivity index (χ0n) is 17.5. The second kappa shape index (κ2) is 12.2. The number of benzene rings is 1. The van der Waals surface area contributed by atoms with Gasteiger partial charge in [-0.05, 0) is 44.5 Å². The van der Waals surface area contributed by atoms with Gasteiger partial charge < -0.3 is 19.8 Å². The van der Waals surface area contributed by atoms with Gasteiger partial charge in [0.1, 0.15) is 17.7 Å². The van der Waals surface area contributed by atoms with E-state index < -0.39 is 0 Å². The molecule has 1 atom stereocenters. The van der Waals surface area contributed by atoms with Crippen LogP contribution in [-0.4, -0.2) is 46.9 Å². The van der Waals surface area contributed by atoms with Crippen LogP contribution >= 0.6 is 24.0 Å². The first-order valence-electron chi connectivity index (χ1n) is 9.85. The predicted molar refractivity (Wildman–Crippen MR) is 128 cm³/mol. The average Bonchev–Trinajstić information content (AvgIpc) is 3.39. The first-order chi connectivity index (χ1) is 14.2. The van der Waals surface area contributed by atoms with E-state index in [1.807, 2.05) is 57.2 Å². The summed E-state index contributed by atoms with van der Waals surface area (Å²) in [5, 5.41) is 13.7. The number of para-hydroxylation sites is 1.